The molecule has 0 saturated carbocycles. The highest BCUT2D eigenvalue weighted by molar-refractivity contribution is 5.83. The molecule has 0 aromatic rings. The summed E-state index contributed by atoms with van der Waals surface area (Å²) in [6, 6.07) is 0. The molecule has 1 heterocycles. The van der Waals surface area contributed by atoms with Crippen molar-refractivity contribution < 1.29 is 14.3 Å². The number of ether oxygens (including phenoxy) is 2. The number of carbonyl (C=O) groups excluding carboxylic acids is 1. The van der Waals surface area contributed by atoms with Crippen molar-refractivity contribution >= 4 is 5.97 Å². The van der Waals surface area contributed by atoms with Crippen molar-refractivity contribution in [3.05, 3.63) is 12.2 Å². The fourth-order valence-electron chi connectivity index (χ4n) is 3.14. The van der Waals surface area contributed by atoms with Gasteiger partial charge in [0.15, 0.2) is 5.60 Å². The summed E-state index contributed by atoms with van der Waals surface area (Å²) in [6.07, 6.45) is 18.0. The van der Waals surface area contributed by atoms with E-state index in [0.717, 1.165) is 19.3 Å². The van der Waals surface area contributed by atoms with Gasteiger partial charge in [-0.2, -0.15) is 0 Å². The molecule has 1 aliphatic rings. The van der Waals surface area contributed by atoms with Crippen LogP contribution in [0.3, 0.4) is 0 Å². The van der Waals surface area contributed by atoms with Crippen LogP contribution in [0.5, 0.6) is 0 Å². The van der Waals surface area contributed by atoms with Crippen LogP contribution in [0.25, 0.3) is 0 Å². The van der Waals surface area contributed by atoms with Crippen molar-refractivity contribution in [3.8, 4) is 0 Å². The lowest BCUT2D eigenvalue weighted by molar-refractivity contribution is -0.148. The van der Waals surface area contributed by atoms with Gasteiger partial charge in [0.2, 0.25) is 0 Å². The SMILES string of the molecule is CCCCCCCC=CC(CCCCCC)C1(C(=O)OC)CO1. The Morgan fingerprint density at radius 1 is 1.09 bits per heavy atom. The minimum absolute atomic E-state index is 0.169. The fourth-order valence-corrected chi connectivity index (χ4v) is 3.14. The van der Waals surface area contributed by atoms with E-state index in [0.29, 0.717) is 6.61 Å². The topological polar surface area (TPSA) is 38.8 Å². The van der Waals surface area contributed by atoms with Gasteiger partial charge < -0.3 is 9.47 Å². The second-order valence-electron chi connectivity index (χ2n) is 6.76. The zero-order valence-electron chi connectivity index (χ0n) is 15.4. The van der Waals surface area contributed by atoms with Crippen molar-refractivity contribution in [1.82, 2.24) is 0 Å². The Hall–Kier alpha value is -0.830. The molecule has 0 N–H and O–H groups in total. The average molecular weight is 325 g/mol. The number of methoxy groups -OCH3 is 1. The number of allylic oxidation sites excluding steroid dienone is 1. The van der Waals surface area contributed by atoms with Crippen molar-refractivity contribution in [3.63, 3.8) is 0 Å². The smallest absolute Gasteiger partial charge is 0.341 e. The molecule has 1 rings (SSSR count). The van der Waals surface area contributed by atoms with Crippen molar-refractivity contribution in [2.45, 2.75) is 90.1 Å². The van der Waals surface area contributed by atoms with E-state index in [1.54, 1.807) is 0 Å². The summed E-state index contributed by atoms with van der Waals surface area (Å²) >= 11 is 0. The molecule has 134 valence electrons. The molecule has 0 aromatic heterocycles. The standard InChI is InChI=1S/C20H36O3/c1-4-6-8-10-11-12-14-16-18(15-13-9-7-5-2)20(17-23-20)19(21)22-3/h14,16,18H,4-13,15,17H2,1-3H3. The van der Waals surface area contributed by atoms with Gasteiger partial charge in [0.05, 0.1) is 13.7 Å². The van der Waals surface area contributed by atoms with E-state index in [1.165, 1.54) is 58.5 Å². The number of hydrogen-bond acceptors (Lipinski definition) is 3. The molecule has 0 spiro atoms. The van der Waals surface area contributed by atoms with Crippen molar-refractivity contribution in [1.29, 1.82) is 0 Å². The highest BCUT2D eigenvalue weighted by Crippen LogP contribution is 2.40. The van der Waals surface area contributed by atoms with Gasteiger partial charge in [-0.15, -0.1) is 0 Å². The van der Waals surface area contributed by atoms with Crippen LogP contribution in [0.2, 0.25) is 0 Å². The Kier molecular flexibility index (Phi) is 10.3. The first kappa shape index (κ1) is 20.2. The van der Waals surface area contributed by atoms with Crippen LogP contribution in [0.4, 0.5) is 0 Å². The van der Waals surface area contributed by atoms with Crippen LogP contribution < -0.4 is 0 Å². The molecule has 0 radical (unpaired) electrons. The first-order valence-corrected chi connectivity index (χ1v) is 9.60. The average Bonchev–Trinajstić information content (AvgIpc) is 3.37. The molecular weight excluding hydrogens is 288 g/mol. The van der Waals surface area contributed by atoms with Gasteiger partial charge in [-0.1, -0.05) is 77.4 Å². The molecule has 1 saturated heterocycles. The van der Waals surface area contributed by atoms with E-state index >= 15 is 0 Å². The maximum absolute atomic E-state index is 12.1. The van der Waals surface area contributed by atoms with Crippen LogP contribution in [-0.4, -0.2) is 25.3 Å². The van der Waals surface area contributed by atoms with E-state index in [2.05, 4.69) is 26.0 Å². The lowest BCUT2D eigenvalue weighted by Gasteiger charge is -2.19. The minimum atomic E-state index is -0.681. The fraction of sp³-hybridized carbons (Fsp3) is 0.850. The molecule has 2 atom stereocenters. The molecule has 23 heavy (non-hydrogen) atoms. The highest BCUT2D eigenvalue weighted by atomic mass is 16.6. The van der Waals surface area contributed by atoms with Crippen molar-refractivity contribution in [2.75, 3.05) is 13.7 Å². The van der Waals surface area contributed by atoms with Crippen LogP contribution in [0.15, 0.2) is 12.2 Å². The first-order chi connectivity index (χ1) is 11.2. The summed E-state index contributed by atoms with van der Waals surface area (Å²) in [5.74, 6) is -0.0342. The van der Waals surface area contributed by atoms with E-state index in [9.17, 15) is 4.79 Å². The Morgan fingerprint density at radius 2 is 1.70 bits per heavy atom. The monoisotopic (exact) mass is 324 g/mol. The van der Waals surface area contributed by atoms with E-state index in [1.807, 2.05) is 0 Å². The van der Waals surface area contributed by atoms with Gasteiger partial charge in [-0.3, -0.25) is 0 Å². The molecular formula is C20H36O3. The number of epoxide rings is 1. The third kappa shape index (κ3) is 7.07. The summed E-state index contributed by atoms with van der Waals surface area (Å²) in [6.45, 7) is 4.97. The minimum Gasteiger partial charge on any atom is -0.467 e. The predicted molar refractivity (Wildman–Crippen MR) is 95.5 cm³/mol. The van der Waals surface area contributed by atoms with Crippen LogP contribution in [0.1, 0.15) is 84.5 Å². The quantitative estimate of drug-likeness (QED) is 0.185. The third-order valence-corrected chi connectivity index (χ3v) is 4.80. The Balaban J connectivity index is 2.43. The Morgan fingerprint density at radius 3 is 2.26 bits per heavy atom. The molecule has 1 aliphatic heterocycles. The zero-order valence-corrected chi connectivity index (χ0v) is 15.4. The van der Waals surface area contributed by atoms with E-state index in [-0.39, 0.29) is 11.9 Å². The van der Waals surface area contributed by atoms with Gasteiger partial charge in [0, 0.05) is 5.92 Å². The van der Waals surface area contributed by atoms with E-state index < -0.39 is 5.60 Å². The van der Waals surface area contributed by atoms with Crippen LogP contribution >= 0.6 is 0 Å². The number of hydrogen-bond donors (Lipinski definition) is 0. The zero-order chi connectivity index (χ0) is 17.0. The van der Waals surface area contributed by atoms with Gasteiger partial charge in [0.25, 0.3) is 0 Å². The number of carbonyl (C=O) groups is 1. The summed E-state index contributed by atoms with van der Waals surface area (Å²) in [7, 11) is 1.46. The van der Waals surface area contributed by atoms with Gasteiger partial charge in [-0.25, -0.2) is 4.79 Å². The Labute approximate surface area is 142 Å². The predicted octanol–water partition coefficient (Wildman–Crippen LogP) is 5.43. The second kappa shape index (κ2) is 11.7. The molecule has 2 unspecified atom stereocenters. The second-order valence-corrected chi connectivity index (χ2v) is 6.76. The van der Waals surface area contributed by atoms with Gasteiger partial charge in [-0.05, 0) is 19.3 Å². The van der Waals surface area contributed by atoms with E-state index in [4.69, 9.17) is 9.47 Å². The maximum Gasteiger partial charge on any atom is 0.341 e. The molecule has 1 fully saturated rings. The lowest BCUT2D eigenvalue weighted by atomic mass is 9.87. The third-order valence-electron chi connectivity index (χ3n) is 4.80. The van der Waals surface area contributed by atoms with Crippen LogP contribution in [-0.2, 0) is 14.3 Å². The summed E-state index contributed by atoms with van der Waals surface area (Å²) in [5, 5.41) is 0. The molecule has 3 nitrogen and oxygen atoms in total. The number of rotatable bonds is 14. The van der Waals surface area contributed by atoms with Crippen molar-refractivity contribution in [2.24, 2.45) is 5.92 Å². The summed E-state index contributed by atoms with van der Waals surface area (Å²) in [4.78, 5) is 12.1. The summed E-state index contributed by atoms with van der Waals surface area (Å²) < 4.78 is 10.5. The maximum atomic E-state index is 12.1. The highest BCUT2D eigenvalue weighted by Gasteiger charge is 2.58. The normalized spacial score (nSPS) is 21.5. The van der Waals surface area contributed by atoms with Crippen LogP contribution in [0, 0.1) is 5.92 Å². The Bertz CT molecular complexity index is 345. The molecule has 0 aliphatic carbocycles. The number of esters is 1. The summed E-state index contributed by atoms with van der Waals surface area (Å²) in [5.41, 5.74) is -0.681. The molecule has 0 aromatic carbocycles. The molecule has 0 bridgehead atoms. The molecule has 3 heteroatoms. The largest absolute Gasteiger partial charge is 0.467 e. The first-order valence-electron chi connectivity index (χ1n) is 9.60. The van der Waals surface area contributed by atoms with Gasteiger partial charge in [0.1, 0.15) is 0 Å². The number of unbranched alkanes of at least 4 members (excludes halogenated alkanes) is 8. The molecule has 0 amide bonds. The van der Waals surface area contributed by atoms with Gasteiger partial charge >= 0.3 is 5.97 Å². The lowest BCUT2D eigenvalue weighted by Crippen LogP contribution is -2.34.